The van der Waals surface area contributed by atoms with Gasteiger partial charge in [0.2, 0.25) is 0 Å². The van der Waals surface area contributed by atoms with Crippen molar-refractivity contribution in [1.82, 2.24) is 0 Å². The van der Waals surface area contributed by atoms with Gasteiger partial charge in [-0.3, -0.25) is 0 Å². The fourth-order valence-corrected chi connectivity index (χ4v) is 3.17. The normalized spacial score (nSPS) is 9.18. The van der Waals surface area contributed by atoms with Crippen molar-refractivity contribution < 1.29 is 21.7 Å². The van der Waals surface area contributed by atoms with Gasteiger partial charge in [-0.25, -0.2) is 0 Å². The molecular formula is C33H28Ti. The van der Waals surface area contributed by atoms with E-state index in [0.29, 0.717) is 0 Å². The van der Waals surface area contributed by atoms with Gasteiger partial charge in [-0.2, -0.15) is 90.0 Å². The van der Waals surface area contributed by atoms with Crippen LogP contribution in [-0.4, -0.2) is 0 Å². The van der Waals surface area contributed by atoms with Crippen molar-refractivity contribution in [1.29, 1.82) is 0 Å². The van der Waals surface area contributed by atoms with Crippen LogP contribution in [0.3, 0.4) is 0 Å². The molecule has 6 rings (SSSR count). The molecule has 6 aromatic rings. The van der Waals surface area contributed by atoms with Gasteiger partial charge < -0.3 is 0 Å². The standard InChI is InChI=1S/2C9H7.C8H7.C7H7.Ti/c2*1-2-5-9-7-3-6-8(9)4-1;1-2-8-6-4-3-5-7-8;1-7-5-3-2-4-6-7;/h2*1-7H;3-7H,1H2;2-6H,1H2;/q4*-1;+4. The quantitative estimate of drug-likeness (QED) is 0.165. The number of benzene rings is 4. The molecule has 6 aromatic carbocycles. The first-order valence-corrected chi connectivity index (χ1v) is 10.9. The minimum absolute atomic E-state index is 0. The molecule has 164 valence electrons. The second-order valence-corrected chi connectivity index (χ2v) is 7.34. The summed E-state index contributed by atoms with van der Waals surface area (Å²) < 4.78 is 0. The van der Waals surface area contributed by atoms with Gasteiger partial charge in [0.15, 0.2) is 0 Å². The van der Waals surface area contributed by atoms with E-state index in [-0.39, 0.29) is 21.7 Å². The summed E-state index contributed by atoms with van der Waals surface area (Å²) in [7, 11) is 0. The largest absolute Gasteiger partial charge is 4.00 e. The molecule has 0 spiro atoms. The van der Waals surface area contributed by atoms with Crippen molar-refractivity contribution in [3.05, 3.63) is 176 Å². The van der Waals surface area contributed by atoms with Crippen LogP contribution in [0, 0.1) is 13.0 Å². The SMILES string of the molecule is C=[C-]c1ccccc1.[CH2-]c1ccccc1.[Ti+4].c1ccc2[cH-]ccc2c1.c1ccc2[cH-]ccc2c1. The number of hydrogen-bond donors (Lipinski definition) is 0. The first kappa shape index (κ1) is 26.7. The molecule has 0 N–H and O–H groups in total. The molecule has 0 bridgehead atoms. The van der Waals surface area contributed by atoms with E-state index in [2.05, 4.69) is 105 Å². The van der Waals surface area contributed by atoms with Crippen LogP contribution in [0.25, 0.3) is 21.5 Å². The Morgan fingerprint density at radius 1 is 0.529 bits per heavy atom. The van der Waals surface area contributed by atoms with Crippen LogP contribution >= 0.6 is 0 Å². The Kier molecular flexibility index (Phi) is 12.0. The third-order valence-corrected chi connectivity index (χ3v) is 4.92. The molecule has 0 aliphatic rings. The molecule has 0 amide bonds. The van der Waals surface area contributed by atoms with Crippen LogP contribution in [0.5, 0.6) is 0 Å². The van der Waals surface area contributed by atoms with Gasteiger partial charge in [0, 0.05) is 0 Å². The zero-order valence-corrected chi connectivity index (χ0v) is 20.8. The molecule has 0 heterocycles. The second kappa shape index (κ2) is 15.3. The Labute approximate surface area is 218 Å². The van der Waals surface area contributed by atoms with E-state index in [1.807, 2.05) is 60.7 Å². The molecule has 0 aliphatic carbocycles. The van der Waals surface area contributed by atoms with Crippen molar-refractivity contribution >= 4 is 21.5 Å². The zero-order valence-electron chi connectivity index (χ0n) is 19.3. The van der Waals surface area contributed by atoms with Crippen LogP contribution in [0.1, 0.15) is 11.1 Å². The summed E-state index contributed by atoms with van der Waals surface area (Å²) >= 11 is 0. The van der Waals surface area contributed by atoms with Gasteiger partial charge in [0.25, 0.3) is 0 Å². The Balaban J connectivity index is 0.000000159. The van der Waals surface area contributed by atoms with E-state index in [0.717, 1.165) is 11.1 Å². The summed E-state index contributed by atoms with van der Waals surface area (Å²) in [6, 6.07) is 49.1. The maximum atomic E-state index is 3.72. The Morgan fingerprint density at radius 3 is 1.29 bits per heavy atom. The van der Waals surface area contributed by atoms with Crippen molar-refractivity contribution in [2.24, 2.45) is 0 Å². The number of hydrogen-bond acceptors (Lipinski definition) is 0. The number of fused-ring (bicyclic) bond motifs is 2. The van der Waals surface area contributed by atoms with Crippen LogP contribution in [0.4, 0.5) is 0 Å². The minimum Gasteiger partial charge on any atom is -0.199 e. The molecule has 1 heteroatoms. The van der Waals surface area contributed by atoms with Gasteiger partial charge in [-0.15, -0.1) is 83.6 Å². The molecule has 34 heavy (non-hydrogen) atoms. The van der Waals surface area contributed by atoms with Gasteiger partial charge in [-0.05, 0) is 0 Å². The van der Waals surface area contributed by atoms with E-state index in [4.69, 9.17) is 0 Å². The van der Waals surface area contributed by atoms with Crippen molar-refractivity contribution in [3.63, 3.8) is 0 Å². The Morgan fingerprint density at radius 2 is 0.941 bits per heavy atom. The Bertz CT molecular complexity index is 1200. The Hall–Kier alpha value is -3.58. The number of rotatable bonds is 1. The van der Waals surface area contributed by atoms with Crippen molar-refractivity contribution in [2.75, 3.05) is 0 Å². The molecule has 0 radical (unpaired) electrons. The van der Waals surface area contributed by atoms with E-state index < -0.39 is 0 Å². The van der Waals surface area contributed by atoms with Crippen LogP contribution < -0.4 is 0 Å². The van der Waals surface area contributed by atoms with Gasteiger partial charge in [0.1, 0.15) is 0 Å². The molecule has 0 unspecified atom stereocenters. The van der Waals surface area contributed by atoms with Crippen molar-refractivity contribution in [3.8, 4) is 0 Å². The summed E-state index contributed by atoms with van der Waals surface area (Å²) in [5, 5.41) is 5.32. The summed E-state index contributed by atoms with van der Waals surface area (Å²) in [6.45, 7) is 7.23. The monoisotopic (exact) mass is 472 g/mol. The minimum atomic E-state index is 0. The van der Waals surface area contributed by atoms with Gasteiger partial charge in [0.05, 0.1) is 0 Å². The van der Waals surface area contributed by atoms with Gasteiger partial charge in [-0.1, -0.05) is 24.3 Å². The molecular weight excluding hydrogens is 444 g/mol. The smallest absolute Gasteiger partial charge is 0.199 e. The molecule has 0 aromatic heterocycles. The third kappa shape index (κ3) is 9.12. The van der Waals surface area contributed by atoms with Gasteiger partial charge >= 0.3 is 21.7 Å². The van der Waals surface area contributed by atoms with Crippen molar-refractivity contribution in [2.45, 2.75) is 0 Å². The molecule has 0 nitrogen and oxygen atoms in total. The summed E-state index contributed by atoms with van der Waals surface area (Å²) in [4.78, 5) is 0. The summed E-state index contributed by atoms with van der Waals surface area (Å²) in [5.41, 5.74) is 2.12. The molecule has 0 fully saturated rings. The summed E-state index contributed by atoms with van der Waals surface area (Å²) in [5.74, 6) is 0. The fraction of sp³-hybridized carbons (Fsp3) is 0. The molecule has 0 saturated carbocycles. The topological polar surface area (TPSA) is 0 Å². The third-order valence-electron chi connectivity index (χ3n) is 4.92. The van der Waals surface area contributed by atoms with Crippen LogP contribution in [0.15, 0.2) is 152 Å². The average Bonchev–Trinajstić information content (AvgIpc) is 3.56. The van der Waals surface area contributed by atoms with E-state index in [1.54, 1.807) is 0 Å². The maximum absolute atomic E-state index is 3.72. The molecule has 0 atom stereocenters. The second-order valence-electron chi connectivity index (χ2n) is 7.34. The molecule has 0 saturated heterocycles. The maximum Gasteiger partial charge on any atom is 4.00 e. The predicted molar refractivity (Wildman–Crippen MR) is 144 cm³/mol. The zero-order chi connectivity index (χ0) is 23.1. The van der Waals surface area contributed by atoms with Crippen LogP contribution in [-0.2, 0) is 21.7 Å². The first-order chi connectivity index (χ1) is 16.3. The van der Waals surface area contributed by atoms with E-state index in [1.165, 1.54) is 21.5 Å². The van der Waals surface area contributed by atoms with E-state index in [9.17, 15) is 0 Å². The van der Waals surface area contributed by atoms with Crippen LogP contribution in [0.2, 0.25) is 0 Å². The predicted octanol–water partition coefficient (Wildman–Crippen LogP) is 9.01. The first-order valence-electron chi connectivity index (χ1n) is 10.9. The average molecular weight is 472 g/mol. The molecule has 0 aliphatic heterocycles. The van der Waals surface area contributed by atoms with E-state index >= 15 is 0 Å². The fourth-order valence-electron chi connectivity index (χ4n) is 3.17. The summed E-state index contributed by atoms with van der Waals surface area (Å²) in [6.07, 6.45) is 2.78.